The number of aryl methyl sites for hydroxylation is 3. The number of aromatic nitrogens is 8. The van der Waals surface area contributed by atoms with Crippen LogP contribution in [0.1, 0.15) is 16.7 Å². The van der Waals surface area contributed by atoms with E-state index in [4.69, 9.17) is 34.9 Å². The lowest BCUT2D eigenvalue weighted by atomic mass is 9.93. The normalized spacial score (nSPS) is 11.4. The van der Waals surface area contributed by atoms with Gasteiger partial charge in [-0.2, -0.15) is 0 Å². The SMILES string of the molecule is Cc1cc(C)c(-c2ccc3c(c2)c2ccccc2n3-c2ccc(-c3nc(-c4ccccc4)nc(-c4ccccc4)n3)cc2-c2ccncc2-c2nc(-c3ccccc3)nc(-c3ccccc3)n2)c(C)c1. The number of pyridine rings is 1. The molecule has 70 heavy (non-hydrogen) atoms. The van der Waals surface area contributed by atoms with E-state index in [1.165, 1.54) is 27.8 Å². The van der Waals surface area contributed by atoms with Crippen molar-refractivity contribution in [2.24, 2.45) is 0 Å². The van der Waals surface area contributed by atoms with Gasteiger partial charge in [-0.05, 0) is 91.1 Å². The van der Waals surface area contributed by atoms with Crippen LogP contribution in [0.25, 0.3) is 118 Å². The number of fused-ring (bicyclic) bond motifs is 3. The van der Waals surface area contributed by atoms with Crippen LogP contribution in [0.3, 0.4) is 0 Å². The van der Waals surface area contributed by atoms with Crippen LogP contribution in [-0.2, 0) is 0 Å². The molecule has 332 valence electrons. The maximum Gasteiger partial charge on any atom is 0.166 e. The minimum absolute atomic E-state index is 0.501. The summed E-state index contributed by atoms with van der Waals surface area (Å²) in [6, 6.07) is 68.9. The fourth-order valence-corrected chi connectivity index (χ4v) is 9.78. The molecule has 0 fully saturated rings. The number of benzene rings is 8. The number of rotatable bonds is 9. The third kappa shape index (κ3) is 7.77. The molecule has 12 rings (SSSR count). The molecule has 4 aromatic heterocycles. The maximum absolute atomic E-state index is 5.20. The van der Waals surface area contributed by atoms with Crippen LogP contribution in [0.15, 0.2) is 213 Å². The molecule has 0 spiro atoms. The van der Waals surface area contributed by atoms with Crippen molar-refractivity contribution in [1.82, 2.24) is 39.5 Å². The van der Waals surface area contributed by atoms with Gasteiger partial charge in [-0.1, -0.05) is 163 Å². The second-order valence-electron chi connectivity index (χ2n) is 17.6. The molecule has 0 N–H and O–H groups in total. The number of nitrogens with zero attached hydrogens (tertiary/aromatic N) is 8. The Morgan fingerprint density at radius 3 is 1.33 bits per heavy atom. The fourth-order valence-electron chi connectivity index (χ4n) is 9.78. The molecule has 0 radical (unpaired) electrons. The molecule has 0 amide bonds. The van der Waals surface area contributed by atoms with Gasteiger partial charge in [-0.3, -0.25) is 4.98 Å². The van der Waals surface area contributed by atoms with Crippen LogP contribution in [0.2, 0.25) is 0 Å². The van der Waals surface area contributed by atoms with Gasteiger partial charge >= 0.3 is 0 Å². The van der Waals surface area contributed by atoms with Crippen LogP contribution in [-0.4, -0.2) is 39.5 Å². The molecule has 0 saturated carbocycles. The number of para-hydroxylation sites is 1. The van der Waals surface area contributed by atoms with Gasteiger partial charge in [0.15, 0.2) is 34.9 Å². The molecule has 8 heteroatoms. The Morgan fingerprint density at radius 1 is 0.329 bits per heavy atom. The van der Waals surface area contributed by atoms with Crippen molar-refractivity contribution < 1.29 is 0 Å². The molecule has 0 aliphatic carbocycles. The highest BCUT2D eigenvalue weighted by atomic mass is 15.0. The van der Waals surface area contributed by atoms with E-state index in [0.29, 0.717) is 34.9 Å². The summed E-state index contributed by atoms with van der Waals surface area (Å²) in [5, 5.41) is 2.31. The summed E-state index contributed by atoms with van der Waals surface area (Å²) >= 11 is 0. The number of hydrogen-bond acceptors (Lipinski definition) is 7. The molecule has 0 unspecified atom stereocenters. The van der Waals surface area contributed by atoms with Crippen LogP contribution in [0.4, 0.5) is 0 Å². The van der Waals surface area contributed by atoms with Crippen molar-refractivity contribution in [3.8, 4) is 96.3 Å². The minimum atomic E-state index is 0.501. The second kappa shape index (κ2) is 17.8. The van der Waals surface area contributed by atoms with E-state index in [-0.39, 0.29) is 0 Å². The molecule has 0 atom stereocenters. The predicted molar refractivity (Wildman–Crippen MR) is 283 cm³/mol. The standard InChI is InChI=1S/C62H44N8/c1-39-34-40(2)56(41(3)35-39)46-28-30-55-51(36-46)49-26-16-17-27-53(49)70(55)54-31-29-47(61-66-57(42-18-8-4-9-19-42)64-58(67-61)43-20-10-5-11-21-43)37-50(54)48-32-33-63-38-52(48)62-68-59(44-22-12-6-13-23-44)65-60(69-62)45-24-14-7-15-25-45/h4-38H,1-3H3. The topological polar surface area (TPSA) is 95.2 Å². The van der Waals surface area contributed by atoms with E-state index in [0.717, 1.165) is 72.0 Å². The van der Waals surface area contributed by atoms with Gasteiger partial charge in [0, 0.05) is 62.1 Å². The zero-order chi connectivity index (χ0) is 47.1. The van der Waals surface area contributed by atoms with Gasteiger partial charge in [0.25, 0.3) is 0 Å². The average molecular weight is 901 g/mol. The zero-order valence-electron chi connectivity index (χ0n) is 38.8. The lowest BCUT2D eigenvalue weighted by Gasteiger charge is -2.18. The quantitative estimate of drug-likeness (QED) is 0.142. The Labute approximate surface area is 405 Å². The van der Waals surface area contributed by atoms with Crippen molar-refractivity contribution in [3.63, 3.8) is 0 Å². The van der Waals surface area contributed by atoms with E-state index in [1.807, 2.05) is 134 Å². The van der Waals surface area contributed by atoms with Crippen LogP contribution in [0, 0.1) is 20.8 Å². The second-order valence-corrected chi connectivity index (χ2v) is 17.6. The molecule has 8 nitrogen and oxygen atoms in total. The summed E-state index contributed by atoms with van der Waals surface area (Å²) in [5.74, 6) is 3.36. The largest absolute Gasteiger partial charge is 0.309 e. The van der Waals surface area contributed by atoms with E-state index in [2.05, 4.69) is 104 Å². The summed E-state index contributed by atoms with van der Waals surface area (Å²) in [6.07, 6.45) is 3.69. The Bertz CT molecular complexity index is 3770. The molecular weight excluding hydrogens is 857 g/mol. The molecule has 0 bridgehead atoms. The Hall–Kier alpha value is -9.27. The lowest BCUT2D eigenvalue weighted by molar-refractivity contribution is 1.07. The Balaban J connectivity index is 1.13. The smallest absolute Gasteiger partial charge is 0.166 e. The molecule has 0 saturated heterocycles. The summed E-state index contributed by atoms with van der Waals surface area (Å²) in [7, 11) is 0. The first-order valence-corrected chi connectivity index (χ1v) is 23.4. The molecular formula is C62H44N8. The van der Waals surface area contributed by atoms with Crippen molar-refractivity contribution in [1.29, 1.82) is 0 Å². The molecule has 0 aliphatic rings. The fraction of sp³-hybridized carbons (Fsp3) is 0.0484. The van der Waals surface area contributed by atoms with E-state index >= 15 is 0 Å². The highest BCUT2D eigenvalue weighted by Crippen LogP contribution is 2.42. The van der Waals surface area contributed by atoms with Crippen molar-refractivity contribution in [2.45, 2.75) is 20.8 Å². The highest BCUT2D eigenvalue weighted by Gasteiger charge is 2.23. The summed E-state index contributed by atoms with van der Waals surface area (Å²) < 4.78 is 2.38. The van der Waals surface area contributed by atoms with Crippen molar-refractivity contribution in [3.05, 3.63) is 229 Å². The van der Waals surface area contributed by atoms with Gasteiger partial charge in [-0.15, -0.1) is 0 Å². The molecule has 4 heterocycles. The van der Waals surface area contributed by atoms with Gasteiger partial charge in [0.2, 0.25) is 0 Å². The summed E-state index contributed by atoms with van der Waals surface area (Å²) in [4.78, 5) is 35.5. The van der Waals surface area contributed by atoms with Crippen LogP contribution >= 0.6 is 0 Å². The summed E-state index contributed by atoms with van der Waals surface area (Å²) in [5.41, 5.74) is 16.3. The van der Waals surface area contributed by atoms with Gasteiger partial charge < -0.3 is 4.57 Å². The van der Waals surface area contributed by atoms with Crippen LogP contribution in [0.5, 0.6) is 0 Å². The molecule has 8 aromatic carbocycles. The average Bonchev–Trinajstić information content (AvgIpc) is 3.74. The predicted octanol–water partition coefficient (Wildman–Crippen LogP) is 14.8. The van der Waals surface area contributed by atoms with Crippen molar-refractivity contribution >= 4 is 21.8 Å². The first kappa shape index (κ1) is 42.1. The first-order valence-electron chi connectivity index (χ1n) is 23.4. The highest BCUT2D eigenvalue weighted by molar-refractivity contribution is 6.11. The first-order chi connectivity index (χ1) is 34.4. The van der Waals surface area contributed by atoms with Gasteiger partial charge in [0.1, 0.15) is 0 Å². The maximum atomic E-state index is 5.20. The Morgan fingerprint density at radius 2 is 0.786 bits per heavy atom. The Kier molecular flexibility index (Phi) is 10.7. The third-order valence-corrected chi connectivity index (χ3v) is 12.9. The van der Waals surface area contributed by atoms with Crippen LogP contribution < -0.4 is 0 Å². The summed E-state index contributed by atoms with van der Waals surface area (Å²) in [6.45, 7) is 6.58. The molecule has 0 aliphatic heterocycles. The van der Waals surface area contributed by atoms with Gasteiger partial charge in [-0.25, -0.2) is 29.9 Å². The van der Waals surface area contributed by atoms with Crippen molar-refractivity contribution in [2.75, 3.05) is 0 Å². The van der Waals surface area contributed by atoms with E-state index in [9.17, 15) is 0 Å². The van der Waals surface area contributed by atoms with E-state index in [1.54, 1.807) is 0 Å². The minimum Gasteiger partial charge on any atom is -0.309 e. The zero-order valence-corrected chi connectivity index (χ0v) is 38.8. The monoisotopic (exact) mass is 900 g/mol. The lowest BCUT2D eigenvalue weighted by Crippen LogP contribution is -2.04. The number of hydrogen-bond donors (Lipinski definition) is 0. The third-order valence-electron chi connectivity index (χ3n) is 12.9. The molecule has 12 aromatic rings. The van der Waals surface area contributed by atoms with Gasteiger partial charge in [0.05, 0.1) is 16.7 Å². The van der Waals surface area contributed by atoms with E-state index < -0.39 is 0 Å².